The Morgan fingerprint density at radius 1 is 0.781 bits per heavy atom. The lowest BCUT2D eigenvalue weighted by Crippen LogP contribution is -2.56. The third-order valence-corrected chi connectivity index (χ3v) is 5.03. The Balaban J connectivity index is 0.00000289. The molecule has 0 aromatic heterocycles. The monoisotopic (exact) mass is 450 g/mol. The Morgan fingerprint density at radius 3 is 1.53 bits per heavy atom. The summed E-state index contributed by atoms with van der Waals surface area (Å²) in [6.45, 7) is 1.50. The molecule has 0 radical (unpaired) electrons. The minimum absolute atomic E-state index is 0. The van der Waals surface area contributed by atoms with Gasteiger partial charge >= 0.3 is 0 Å². The fourth-order valence-electron chi connectivity index (χ4n) is 3.53. The van der Waals surface area contributed by atoms with Crippen LogP contribution in [0.2, 0.25) is 0 Å². The molecule has 1 heterocycles. The predicted molar refractivity (Wildman–Crippen MR) is 126 cm³/mol. The van der Waals surface area contributed by atoms with Crippen LogP contribution >= 0.6 is 12.4 Å². The van der Waals surface area contributed by atoms with E-state index in [4.69, 9.17) is 5.73 Å². The number of para-hydroxylation sites is 4. The number of anilines is 4. The smallest absolute Gasteiger partial charge is 0.264 e. The fraction of sp³-hybridized carbons (Fsp3) is 0.125. The van der Waals surface area contributed by atoms with Gasteiger partial charge in [-0.15, -0.1) is 12.4 Å². The normalized spacial score (nSPS) is 14.8. The van der Waals surface area contributed by atoms with Crippen LogP contribution in [-0.2, 0) is 14.4 Å². The largest absolute Gasteiger partial charge is 0.335 e. The lowest BCUT2D eigenvalue weighted by Gasteiger charge is -2.25. The molecule has 0 bridgehead atoms. The number of fused-ring (bicyclic) bond motifs is 1. The molecule has 8 heteroatoms. The van der Waals surface area contributed by atoms with Gasteiger partial charge in [0.05, 0.1) is 17.4 Å². The number of carbonyl (C=O) groups is 3. The lowest BCUT2D eigenvalue weighted by atomic mass is 10.1. The van der Waals surface area contributed by atoms with E-state index in [1.54, 1.807) is 48.5 Å². The Morgan fingerprint density at radius 2 is 1.16 bits per heavy atom. The molecule has 7 nitrogen and oxygen atoms in total. The van der Waals surface area contributed by atoms with Crippen molar-refractivity contribution >= 4 is 52.9 Å². The van der Waals surface area contributed by atoms with Gasteiger partial charge in [-0.25, -0.2) is 0 Å². The summed E-state index contributed by atoms with van der Waals surface area (Å²) in [4.78, 5) is 42.7. The maximum atomic E-state index is 13.7. The summed E-state index contributed by atoms with van der Waals surface area (Å²) < 4.78 is 0. The van der Waals surface area contributed by atoms with E-state index in [1.165, 1.54) is 16.7 Å². The maximum Gasteiger partial charge on any atom is 0.264 e. The van der Waals surface area contributed by atoms with Crippen LogP contribution in [0.5, 0.6) is 0 Å². The quantitative estimate of drug-likeness (QED) is 0.596. The number of amides is 3. The van der Waals surface area contributed by atoms with Crippen molar-refractivity contribution in [1.29, 1.82) is 0 Å². The fourth-order valence-corrected chi connectivity index (χ4v) is 3.53. The van der Waals surface area contributed by atoms with Gasteiger partial charge in [0.1, 0.15) is 0 Å². The molecule has 3 amide bonds. The third-order valence-electron chi connectivity index (χ3n) is 5.03. The van der Waals surface area contributed by atoms with Crippen LogP contribution in [0.15, 0.2) is 84.9 Å². The zero-order chi connectivity index (χ0) is 22.0. The Hall–Kier alpha value is -3.68. The highest BCUT2D eigenvalue weighted by Crippen LogP contribution is 2.41. The van der Waals surface area contributed by atoms with Crippen LogP contribution in [0.4, 0.5) is 22.7 Å². The molecule has 0 saturated heterocycles. The van der Waals surface area contributed by atoms with E-state index in [-0.39, 0.29) is 12.4 Å². The lowest BCUT2D eigenvalue weighted by molar-refractivity contribution is -0.133. The minimum Gasteiger partial charge on any atom is -0.335 e. The summed E-state index contributed by atoms with van der Waals surface area (Å²) in [7, 11) is 0. The summed E-state index contributed by atoms with van der Waals surface area (Å²) in [5.74, 6) is -1.70. The second-order valence-corrected chi connectivity index (χ2v) is 7.24. The third kappa shape index (κ3) is 4.21. The second-order valence-electron chi connectivity index (χ2n) is 7.24. The van der Waals surface area contributed by atoms with Crippen molar-refractivity contribution in [3.8, 4) is 0 Å². The predicted octanol–water partition coefficient (Wildman–Crippen LogP) is 3.28. The van der Waals surface area contributed by atoms with Gasteiger partial charge in [0.25, 0.3) is 11.8 Å². The Bertz CT molecular complexity index is 1040. The summed E-state index contributed by atoms with van der Waals surface area (Å²) >= 11 is 0. The first kappa shape index (κ1) is 23.0. The molecule has 164 valence electrons. The molecule has 0 unspecified atom stereocenters. The van der Waals surface area contributed by atoms with Crippen molar-refractivity contribution in [3.05, 3.63) is 84.9 Å². The van der Waals surface area contributed by atoms with Crippen LogP contribution in [0.25, 0.3) is 0 Å². The molecular formula is C24H23ClN4O3. The standard InChI is InChI=1S/C24H22N4O3.ClH/c1-16(25)22(29)26-21-23(30)27(17-10-4-2-5-11-17)19-14-8-9-15-20(19)28(24(21)31)18-12-6-3-7-13-18;/h2-16,21H,25H2,1H3,(H,26,29);1H/t16-;/m0./s1. The van der Waals surface area contributed by atoms with E-state index < -0.39 is 29.8 Å². The molecule has 0 saturated carbocycles. The number of halogens is 1. The van der Waals surface area contributed by atoms with Gasteiger partial charge in [0.2, 0.25) is 5.91 Å². The number of rotatable bonds is 4. The van der Waals surface area contributed by atoms with Gasteiger partial charge in [0.15, 0.2) is 6.04 Å². The maximum absolute atomic E-state index is 13.7. The van der Waals surface area contributed by atoms with E-state index in [1.807, 2.05) is 36.4 Å². The van der Waals surface area contributed by atoms with Crippen molar-refractivity contribution in [2.45, 2.75) is 19.0 Å². The van der Waals surface area contributed by atoms with E-state index in [0.29, 0.717) is 22.7 Å². The average molecular weight is 451 g/mol. The molecule has 3 aromatic carbocycles. The van der Waals surface area contributed by atoms with E-state index in [2.05, 4.69) is 5.32 Å². The first-order valence-electron chi connectivity index (χ1n) is 9.92. The minimum atomic E-state index is -1.44. The summed E-state index contributed by atoms with van der Waals surface area (Å²) in [5.41, 5.74) is 7.94. The molecule has 3 aromatic rings. The number of benzene rings is 3. The zero-order valence-corrected chi connectivity index (χ0v) is 18.2. The SMILES string of the molecule is C[C@H](N)C(=O)NC1C(=O)N(c2ccccc2)c2ccccc2N(c2ccccc2)C1=O.Cl. The van der Waals surface area contributed by atoms with Gasteiger partial charge in [0, 0.05) is 11.4 Å². The molecule has 4 rings (SSSR count). The topological polar surface area (TPSA) is 95.7 Å². The average Bonchev–Trinajstić information content (AvgIpc) is 2.88. The first-order valence-corrected chi connectivity index (χ1v) is 9.92. The van der Waals surface area contributed by atoms with Gasteiger partial charge in [-0.3, -0.25) is 24.2 Å². The number of carbonyl (C=O) groups excluding carboxylic acids is 3. The molecule has 0 fully saturated rings. The van der Waals surface area contributed by atoms with Crippen molar-refractivity contribution in [2.75, 3.05) is 9.80 Å². The highest BCUT2D eigenvalue weighted by atomic mass is 35.5. The van der Waals surface area contributed by atoms with Crippen molar-refractivity contribution in [2.24, 2.45) is 5.73 Å². The zero-order valence-electron chi connectivity index (χ0n) is 17.3. The number of hydrogen-bond donors (Lipinski definition) is 2. The molecule has 0 aliphatic carbocycles. The van der Waals surface area contributed by atoms with Crippen LogP contribution in [0.3, 0.4) is 0 Å². The highest BCUT2D eigenvalue weighted by molar-refractivity contribution is 6.25. The van der Waals surface area contributed by atoms with Crippen molar-refractivity contribution < 1.29 is 14.4 Å². The molecule has 0 spiro atoms. The van der Waals surface area contributed by atoms with E-state index in [9.17, 15) is 14.4 Å². The van der Waals surface area contributed by atoms with Gasteiger partial charge < -0.3 is 11.1 Å². The van der Waals surface area contributed by atoms with Gasteiger partial charge in [-0.2, -0.15) is 0 Å². The number of nitrogens with zero attached hydrogens (tertiary/aromatic N) is 2. The number of hydrogen-bond acceptors (Lipinski definition) is 4. The summed E-state index contributed by atoms with van der Waals surface area (Å²) in [6, 6.07) is 22.9. The molecule has 1 aliphatic heterocycles. The molecule has 32 heavy (non-hydrogen) atoms. The second kappa shape index (κ2) is 9.64. The number of nitrogens with two attached hydrogens (primary N) is 1. The first-order chi connectivity index (χ1) is 15.0. The number of nitrogens with one attached hydrogen (secondary N) is 1. The summed E-state index contributed by atoms with van der Waals surface area (Å²) in [5, 5.41) is 2.55. The van der Waals surface area contributed by atoms with Crippen LogP contribution < -0.4 is 20.9 Å². The van der Waals surface area contributed by atoms with Crippen LogP contribution in [0.1, 0.15) is 6.92 Å². The molecule has 1 atom stereocenters. The molecule has 1 aliphatic rings. The van der Waals surface area contributed by atoms with Crippen molar-refractivity contribution in [3.63, 3.8) is 0 Å². The van der Waals surface area contributed by atoms with Crippen LogP contribution in [0, 0.1) is 0 Å². The Labute approximate surface area is 192 Å². The van der Waals surface area contributed by atoms with E-state index in [0.717, 1.165) is 0 Å². The van der Waals surface area contributed by atoms with E-state index >= 15 is 0 Å². The Kier molecular flexibility index (Phi) is 6.92. The van der Waals surface area contributed by atoms with Gasteiger partial charge in [-0.05, 0) is 43.3 Å². The molecule has 3 N–H and O–H groups in total. The van der Waals surface area contributed by atoms with Crippen molar-refractivity contribution in [1.82, 2.24) is 5.32 Å². The molecular weight excluding hydrogens is 428 g/mol. The van der Waals surface area contributed by atoms with Crippen LogP contribution in [-0.4, -0.2) is 29.8 Å². The van der Waals surface area contributed by atoms with Gasteiger partial charge in [-0.1, -0.05) is 48.5 Å². The summed E-state index contributed by atoms with van der Waals surface area (Å²) in [6.07, 6.45) is 0. The highest BCUT2D eigenvalue weighted by Gasteiger charge is 2.42.